The van der Waals surface area contributed by atoms with Crippen LogP contribution in [0.2, 0.25) is 0 Å². The van der Waals surface area contributed by atoms with Crippen molar-refractivity contribution in [3.05, 3.63) is 29.3 Å². The average molecular weight is 335 g/mol. The number of aliphatic hydroxyl groups is 1. The Balaban J connectivity index is 2.02. The first-order valence-electron chi connectivity index (χ1n) is 8.59. The fourth-order valence-electron chi connectivity index (χ4n) is 2.72. The Labute approximate surface area is 144 Å². The molecule has 0 aromatic heterocycles. The molecule has 0 saturated heterocycles. The van der Waals surface area contributed by atoms with Crippen molar-refractivity contribution >= 4 is 5.97 Å². The van der Waals surface area contributed by atoms with Gasteiger partial charge in [0.15, 0.2) is 0 Å². The molecule has 1 unspecified atom stereocenters. The van der Waals surface area contributed by atoms with E-state index >= 15 is 0 Å². The van der Waals surface area contributed by atoms with Crippen molar-refractivity contribution in [3.63, 3.8) is 0 Å². The van der Waals surface area contributed by atoms with Gasteiger partial charge in [0.2, 0.25) is 0 Å². The van der Waals surface area contributed by atoms with Crippen LogP contribution in [0.3, 0.4) is 0 Å². The normalized spacial score (nSPS) is 21.6. The number of benzene rings is 1. The molecule has 0 aliphatic carbocycles. The second-order valence-corrected chi connectivity index (χ2v) is 7.43. The van der Waals surface area contributed by atoms with Crippen molar-refractivity contribution in [2.75, 3.05) is 19.8 Å². The third kappa shape index (κ3) is 4.28. The summed E-state index contributed by atoms with van der Waals surface area (Å²) < 4.78 is 10.8. The Bertz CT molecular complexity index is 579. The lowest BCUT2D eigenvalue weighted by Gasteiger charge is -2.32. The highest BCUT2D eigenvalue weighted by Gasteiger charge is 2.31. The van der Waals surface area contributed by atoms with E-state index in [9.17, 15) is 9.90 Å². The molecule has 24 heavy (non-hydrogen) atoms. The van der Waals surface area contributed by atoms with Gasteiger partial charge in [0.25, 0.3) is 0 Å². The molecule has 134 valence electrons. The third-order valence-electron chi connectivity index (χ3n) is 4.37. The highest BCUT2D eigenvalue weighted by Crippen LogP contribution is 2.35. The molecule has 0 bridgehead atoms. The zero-order valence-corrected chi connectivity index (χ0v) is 15.3. The average Bonchev–Trinajstić information content (AvgIpc) is 2.53. The van der Waals surface area contributed by atoms with Crippen LogP contribution in [0.5, 0.6) is 5.75 Å². The van der Waals surface area contributed by atoms with Gasteiger partial charge >= 0.3 is 5.97 Å². The van der Waals surface area contributed by atoms with Gasteiger partial charge in [-0.05, 0) is 24.0 Å². The summed E-state index contributed by atoms with van der Waals surface area (Å²) >= 11 is 0. The highest BCUT2D eigenvalue weighted by atomic mass is 16.5. The summed E-state index contributed by atoms with van der Waals surface area (Å²) in [5.41, 5.74) is 2.00. The Morgan fingerprint density at radius 2 is 2.17 bits per heavy atom. The minimum absolute atomic E-state index is 0.0352. The molecule has 1 aromatic carbocycles. The Morgan fingerprint density at radius 3 is 2.79 bits per heavy atom. The maximum absolute atomic E-state index is 11.7. The number of nitrogens with one attached hydrogen (secondary N) is 1. The molecule has 0 fully saturated rings. The first-order valence-corrected chi connectivity index (χ1v) is 8.59. The van der Waals surface area contributed by atoms with Crippen molar-refractivity contribution in [2.24, 2.45) is 5.92 Å². The molecule has 3 atom stereocenters. The number of esters is 1. The predicted octanol–water partition coefficient (Wildman–Crippen LogP) is 2.57. The van der Waals surface area contributed by atoms with Crippen LogP contribution < -0.4 is 10.1 Å². The van der Waals surface area contributed by atoms with Gasteiger partial charge in [-0.15, -0.1) is 0 Å². The Kier molecular flexibility index (Phi) is 5.88. The number of fused-ring (bicyclic) bond motifs is 1. The fraction of sp³-hybridized carbons (Fsp3) is 0.632. The summed E-state index contributed by atoms with van der Waals surface area (Å²) in [5, 5.41) is 13.8. The zero-order valence-electron chi connectivity index (χ0n) is 15.3. The van der Waals surface area contributed by atoms with Gasteiger partial charge < -0.3 is 19.9 Å². The van der Waals surface area contributed by atoms with Crippen LogP contribution in [0.25, 0.3) is 0 Å². The molecule has 2 rings (SSSR count). The summed E-state index contributed by atoms with van der Waals surface area (Å²) in [7, 11) is 0. The SMILES string of the molecule is CCOC(=O)C(C)CN[C@@H]1COc2cc(C(C)(C)C)ccc2[C@@H]1O. The maximum Gasteiger partial charge on any atom is 0.309 e. The Morgan fingerprint density at radius 1 is 1.46 bits per heavy atom. The van der Waals surface area contributed by atoms with Crippen molar-refractivity contribution in [1.82, 2.24) is 5.32 Å². The summed E-state index contributed by atoms with van der Waals surface area (Å²) in [6.45, 7) is 11.2. The van der Waals surface area contributed by atoms with Crippen molar-refractivity contribution in [3.8, 4) is 5.75 Å². The molecule has 2 N–H and O–H groups in total. The van der Waals surface area contributed by atoms with Gasteiger partial charge in [-0.1, -0.05) is 39.8 Å². The topological polar surface area (TPSA) is 67.8 Å². The fourth-order valence-corrected chi connectivity index (χ4v) is 2.72. The molecule has 1 aliphatic rings. The van der Waals surface area contributed by atoms with Crippen molar-refractivity contribution in [2.45, 2.75) is 52.2 Å². The Hall–Kier alpha value is -1.59. The number of hydrogen-bond acceptors (Lipinski definition) is 5. The van der Waals surface area contributed by atoms with Crippen LogP contribution in [0.4, 0.5) is 0 Å². The van der Waals surface area contributed by atoms with Gasteiger partial charge in [-0.2, -0.15) is 0 Å². The van der Waals surface area contributed by atoms with Crippen molar-refractivity contribution in [1.29, 1.82) is 0 Å². The molecule has 0 spiro atoms. The van der Waals surface area contributed by atoms with E-state index in [1.807, 2.05) is 25.1 Å². The largest absolute Gasteiger partial charge is 0.491 e. The van der Waals surface area contributed by atoms with E-state index in [0.29, 0.717) is 19.8 Å². The standard InChI is InChI=1S/C19H29NO4/c1-6-23-18(22)12(2)10-20-15-11-24-16-9-13(19(3,4)5)7-8-14(16)17(15)21/h7-9,12,15,17,20-21H,6,10-11H2,1-5H3/t12?,15-,17+/m1/s1. The molecule has 0 saturated carbocycles. The molecule has 1 heterocycles. The van der Waals surface area contributed by atoms with Gasteiger partial charge in [0.1, 0.15) is 18.5 Å². The quantitative estimate of drug-likeness (QED) is 0.810. The van der Waals surface area contributed by atoms with Crippen LogP contribution in [-0.2, 0) is 14.9 Å². The number of ether oxygens (including phenoxy) is 2. The van der Waals surface area contributed by atoms with Crippen LogP contribution in [0.15, 0.2) is 18.2 Å². The second-order valence-electron chi connectivity index (χ2n) is 7.43. The number of rotatable bonds is 5. The molecular formula is C19H29NO4. The molecule has 5 heteroatoms. The van der Waals surface area contributed by atoms with Gasteiger partial charge in [0.05, 0.1) is 18.6 Å². The van der Waals surface area contributed by atoms with Crippen LogP contribution in [-0.4, -0.2) is 36.9 Å². The van der Waals surface area contributed by atoms with E-state index in [0.717, 1.165) is 11.3 Å². The summed E-state index contributed by atoms with van der Waals surface area (Å²) in [6, 6.07) is 5.74. The molecule has 1 aliphatic heterocycles. The van der Waals surface area contributed by atoms with E-state index < -0.39 is 6.10 Å². The highest BCUT2D eigenvalue weighted by molar-refractivity contribution is 5.72. The van der Waals surface area contributed by atoms with Crippen LogP contribution in [0.1, 0.15) is 51.8 Å². The van der Waals surface area contributed by atoms with Crippen LogP contribution in [0, 0.1) is 5.92 Å². The van der Waals surface area contributed by atoms with Crippen molar-refractivity contribution < 1.29 is 19.4 Å². The van der Waals surface area contributed by atoms with E-state index in [2.05, 4.69) is 26.1 Å². The van der Waals surface area contributed by atoms with Crippen LogP contribution >= 0.6 is 0 Å². The summed E-state index contributed by atoms with van der Waals surface area (Å²) in [5.74, 6) is 0.250. The lowest BCUT2D eigenvalue weighted by molar-refractivity contribution is -0.147. The first-order chi connectivity index (χ1) is 11.2. The predicted molar refractivity (Wildman–Crippen MR) is 93.2 cm³/mol. The molecule has 0 amide bonds. The molecule has 1 aromatic rings. The molecule has 5 nitrogen and oxygen atoms in total. The first kappa shape index (κ1) is 18.7. The number of aliphatic hydroxyl groups excluding tert-OH is 1. The van der Waals surface area contributed by atoms with Gasteiger partial charge in [-0.25, -0.2) is 0 Å². The van der Waals surface area contributed by atoms with E-state index in [4.69, 9.17) is 9.47 Å². The number of carbonyl (C=O) groups is 1. The van der Waals surface area contributed by atoms with Gasteiger partial charge in [0, 0.05) is 12.1 Å². The second kappa shape index (κ2) is 7.53. The summed E-state index contributed by atoms with van der Waals surface area (Å²) in [6.07, 6.45) is -0.655. The monoisotopic (exact) mass is 335 g/mol. The molecular weight excluding hydrogens is 306 g/mol. The number of hydrogen-bond donors (Lipinski definition) is 2. The van der Waals surface area contributed by atoms with Gasteiger partial charge in [-0.3, -0.25) is 4.79 Å². The minimum atomic E-state index is -0.655. The summed E-state index contributed by atoms with van der Waals surface area (Å²) in [4.78, 5) is 11.7. The van der Waals surface area contributed by atoms with E-state index in [1.165, 1.54) is 5.56 Å². The van der Waals surface area contributed by atoms with E-state index in [-0.39, 0.29) is 23.3 Å². The smallest absolute Gasteiger partial charge is 0.309 e. The minimum Gasteiger partial charge on any atom is -0.491 e. The van der Waals surface area contributed by atoms with E-state index in [1.54, 1.807) is 6.92 Å². The number of carbonyl (C=O) groups excluding carboxylic acids is 1. The molecule has 0 radical (unpaired) electrons. The zero-order chi connectivity index (χ0) is 17.9. The maximum atomic E-state index is 11.7. The third-order valence-corrected chi connectivity index (χ3v) is 4.37. The lowest BCUT2D eigenvalue weighted by atomic mass is 9.85. The lowest BCUT2D eigenvalue weighted by Crippen LogP contribution is -2.45.